The van der Waals surface area contributed by atoms with E-state index in [9.17, 15) is 4.79 Å². The van der Waals surface area contributed by atoms with Gasteiger partial charge in [0.1, 0.15) is 0 Å². The van der Waals surface area contributed by atoms with Crippen LogP contribution in [-0.2, 0) is 13.1 Å². The SMILES string of the molecule is CCC(OC)/C(=C/C(=O)C(C)C)[O][Ga]. The minimum absolute atomic E-state index is 0.00186. The molecule has 0 aromatic heterocycles. The molecule has 0 saturated carbocycles. The summed E-state index contributed by atoms with van der Waals surface area (Å²) in [5.74, 6) is 0.712. The molecule has 0 heterocycles. The molecule has 0 aliphatic carbocycles. The van der Waals surface area contributed by atoms with Crippen molar-refractivity contribution in [3.8, 4) is 0 Å². The van der Waals surface area contributed by atoms with Gasteiger partial charge in [-0.1, -0.05) is 0 Å². The summed E-state index contributed by atoms with van der Waals surface area (Å²) in [7, 11) is 1.62. The second kappa shape index (κ2) is 7.14. The monoisotopic (exact) mass is 254 g/mol. The summed E-state index contributed by atoms with van der Waals surface area (Å²) in [4.78, 5) is 11.4. The van der Waals surface area contributed by atoms with E-state index in [0.29, 0.717) is 5.76 Å². The second-order valence-corrected chi connectivity index (χ2v) is 3.85. The van der Waals surface area contributed by atoms with Crippen LogP contribution in [0.1, 0.15) is 27.2 Å². The molecule has 78 valence electrons. The average Bonchev–Trinajstić information content (AvgIpc) is 2.17. The Labute approximate surface area is 96.2 Å². The van der Waals surface area contributed by atoms with Crippen molar-refractivity contribution in [1.82, 2.24) is 0 Å². The number of carbonyl (C=O) groups excluding carboxylic acids is 1. The molecule has 1 atom stereocenters. The third-order valence-corrected chi connectivity index (χ3v) is 2.53. The topological polar surface area (TPSA) is 35.5 Å². The fourth-order valence-electron chi connectivity index (χ4n) is 0.994. The summed E-state index contributed by atoms with van der Waals surface area (Å²) in [6, 6.07) is 0. The molecule has 3 nitrogen and oxygen atoms in total. The average molecular weight is 255 g/mol. The molecular weight excluding hydrogens is 238 g/mol. The third kappa shape index (κ3) is 4.35. The van der Waals surface area contributed by atoms with Crippen LogP contribution in [0.15, 0.2) is 11.8 Å². The first-order chi connectivity index (χ1) is 6.56. The van der Waals surface area contributed by atoms with Crippen molar-refractivity contribution in [2.75, 3.05) is 7.11 Å². The van der Waals surface area contributed by atoms with Crippen LogP contribution in [0.3, 0.4) is 0 Å². The number of hydrogen-bond acceptors (Lipinski definition) is 3. The molecule has 0 aliphatic heterocycles. The van der Waals surface area contributed by atoms with Gasteiger partial charge in [-0.3, -0.25) is 0 Å². The van der Waals surface area contributed by atoms with Crippen LogP contribution in [0, 0.1) is 5.92 Å². The Morgan fingerprint density at radius 1 is 1.50 bits per heavy atom. The number of ketones is 1. The van der Waals surface area contributed by atoms with Gasteiger partial charge in [-0.15, -0.1) is 0 Å². The number of methoxy groups -OCH3 is 1. The molecule has 4 heteroatoms. The zero-order chi connectivity index (χ0) is 11.1. The normalized spacial score (nSPS) is 14.2. The van der Waals surface area contributed by atoms with Gasteiger partial charge in [0.25, 0.3) is 0 Å². The second-order valence-electron chi connectivity index (χ2n) is 3.35. The van der Waals surface area contributed by atoms with E-state index in [2.05, 4.69) is 0 Å². The van der Waals surface area contributed by atoms with Crippen molar-refractivity contribution in [3.05, 3.63) is 11.8 Å². The quantitative estimate of drug-likeness (QED) is 0.411. The van der Waals surface area contributed by atoms with Crippen LogP contribution in [0.4, 0.5) is 0 Å². The molecule has 0 spiro atoms. The maximum atomic E-state index is 11.4. The standard InChI is InChI=1S/C10H18O3.Ga/c1-5-10(13-4)9(12)6-8(11)7(2)3;/h6-7,10,12H,5H2,1-4H3;/q;+1/p-1/b9-6-;. The first kappa shape index (κ1) is 13.8. The zero-order valence-corrected chi connectivity index (χ0v) is 11.7. The Hall–Kier alpha value is -0.194. The van der Waals surface area contributed by atoms with Gasteiger partial charge in [0.2, 0.25) is 0 Å². The Morgan fingerprint density at radius 2 is 2.07 bits per heavy atom. The van der Waals surface area contributed by atoms with Gasteiger partial charge in [0.15, 0.2) is 0 Å². The van der Waals surface area contributed by atoms with E-state index in [1.807, 2.05) is 20.8 Å². The number of carbonyl (C=O) groups is 1. The predicted octanol–water partition coefficient (Wildman–Crippen LogP) is 1.62. The van der Waals surface area contributed by atoms with Gasteiger partial charge in [0.05, 0.1) is 0 Å². The Bertz CT molecular complexity index is 207. The number of allylic oxidation sites excluding steroid dienone is 1. The van der Waals surface area contributed by atoms with Gasteiger partial charge in [-0.2, -0.15) is 0 Å². The third-order valence-electron chi connectivity index (χ3n) is 1.96. The summed E-state index contributed by atoms with van der Waals surface area (Å²) in [5, 5.41) is 0. The van der Waals surface area contributed by atoms with E-state index in [-0.39, 0.29) is 17.8 Å². The van der Waals surface area contributed by atoms with Crippen LogP contribution in [0.5, 0.6) is 0 Å². The van der Waals surface area contributed by atoms with Gasteiger partial charge in [-0.05, 0) is 0 Å². The molecule has 2 radical (unpaired) electrons. The molecule has 0 aromatic rings. The van der Waals surface area contributed by atoms with E-state index in [1.54, 1.807) is 13.2 Å². The van der Waals surface area contributed by atoms with Crippen molar-refractivity contribution in [3.63, 3.8) is 0 Å². The van der Waals surface area contributed by atoms with Crippen molar-refractivity contribution in [2.45, 2.75) is 33.3 Å². The van der Waals surface area contributed by atoms with Crippen LogP contribution in [0.2, 0.25) is 0 Å². The van der Waals surface area contributed by atoms with E-state index in [0.717, 1.165) is 25.4 Å². The molecule has 0 bridgehead atoms. The molecule has 1 unspecified atom stereocenters. The summed E-state index contributed by atoms with van der Waals surface area (Å²) in [5.41, 5.74) is 0. The molecule has 0 N–H and O–H groups in total. The molecule has 0 saturated heterocycles. The van der Waals surface area contributed by atoms with E-state index in [4.69, 9.17) is 8.27 Å². The molecule has 0 aliphatic rings. The van der Waals surface area contributed by atoms with Gasteiger partial charge in [0, 0.05) is 0 Å². The molecule has 0 amide bonds. The van der Waals surface area contributed by atoms with E-state index < -0.39 is 0 Å². The fraction of sp³-hybridized carbons (Fsp3) is 0.700. The Morgan fingerprint density at radius 3 is 2.36 bits per heavy atom. The first-order valence-corrected chi connectivity index (χ1v) is 5.70. The zero-order valence-electron chi connectivity index (χ0n) is 9.24. The summed E-state index contributed by atoms with van der Waals surface area (Å²) < 4.78 is 10.4. The number of hydrogen-bond donors (Lipinski definition) is 0. The van der Waals surface area contributed by atoms with Crippen LogP contribution in [-0.4, -0.2) is 38.0 Å². The van der Waals surface area contributed by atoms with Crippen LogP contribution in [0.25, 0.3) is 0 Å². The van der Waals surface area contributed by atoms with Crippen LogP contribution < -0.4 is 0 Å². The summed E-state index contributed by atoms with van der Waals surface area (Å²) >= 11 is 1.12. The van der Waals surface area contributed by atoms with Crippen LogP contribution >= 0.6 is 0 Å². The number of rotatable bonds is 6. The summed E-state index contributed by atoms with van der Waals surface area (Å²) in [6.07, 6.45) is 2.24. The first-order valence-electron chi connectivity index (χ1n) is 4.71. The molecule has 0 aromatic carbocycles. The molecular formula is C10H17GaO3. The minimum atomic E-state index is -0.107. The van der Waals surface area contributed by atoms with E-state index >= 15 is 0 Å². The Kier molecular flexibility index (Phi) is 7.05. The van der Waals surface area contributed by atoms with Gasteiger partial charge >= 0.3 is 96.0 Å². The van der Waals surface area contributed by atoms with Gasteiger partial charge < -0.3 is 0 Å². The fourth-order valence-corrected chi connectivity index (χ4v) is 1.45. The van der Waals surface area contributed by atoms with Crippen molar-refractivity contribution >= 4 is 24.7 Å². The van der Waals surface area contributed by atoms with E-state index in [1.165, 1.54) is 0 Å². The number of ether oxygens (including phenoxy) is 1. The maximum absolute atomic E-state index is 11.4. The predicted molar refractivity (Wildman–Crippen MR) is 55.9 cm³/mol. The molecule has 0 rings (SSSR count). The van der Waals surface area contributed by atoms with Crippen molar-refractivity contribution < 1.29 is 13.1 Å². The molecule has 0 fully saturated rings. The van der Waals surface area contributed by atoms with Crippen molar-refractivity contribution in [1.29, 1.82) is 0 Å². The molecule has 14 heavy (non-hydrogen) atoms. The Balaban J connectivity index is 4.60. The summed E-state index contributed by atoms with van der Waals surface area (Å²) in [6.45, 7) is 5.73. The van der Waals surface area contributed by atoms with Gasteiger partial charge in [-0.25, -0.2) is 0 Å². The van der Waals surface area contributed by atoms with Crippen molar-refractivity contribution in [2.24, 2.45) is 5.92 Å².